The summed E-state index contributed by atoms with van der Waals surface area (Å²) >= 11 is 0. The van der Waals surface area contributed by atoms with E-state index in [1.165, 1.54) is 12.8 Å². The number of rotatable bonds is 3. The van der Waals surface area contributed by atoms with Gasteiger partial charge in [-0.05, 0) is 19.8 Å². The van der Waals surface area contributed by atoms with Gasteiger partial charge >= 0.3 is 0 Å². The number of hydrogen-bond donors (Lipinski definition) is 0. The highest BCUT2D eigenvalue weighted by Gasteiger charge is 1.97. The average molecular weight is 169 g/mol. The molecule has 0 aliphatic heterocycles. The summed E-state index contributed by atoms with van der Waals surface area (Å²) in [5.74, 6) is 0.908. The molecule has 0 amide bonds. The molecule has 0 aromatic carbocycles. The molecule has 0 bridgehead atoms. The van der Waals surface area contributed by atoms with Crippen molar-refractivity contribution in [3.63, 3.8) is 0 Å². The van der Waals surface area contributed by atoms with Gasteiger partial charge in [-0.25, -0.2) is 0 Å². The number of hydrogen-bond acceptors (Lipinski definition) is 2. The van der Waals surface area contributed by atoms with Gasteiger partial charge < -0.3 is 4.52 Å². The van der Waals surface area contributed by atoms with Crippen LogP contribution in [0, 0.1) is 6.92 Å². The number of nitrogens with zero attached hydrogens (tertiary/aromatic N) is 1. The molecule has 0 atom stereocenters. The van der Waals surface area contributed by atoms with Crippen LogP contribution in [-0.4, -0.2) is 5.16 Å². The Morgan fingerprint density at radius 1 is 1.42 bits per heavy atom. The Morgan fingerprint density at radius 3 is 2.50 bits per heavy atom. The lowest BCUT2D eigenvalue weighted by Gasteiger charge is -1.88. The Balaban J connectivity index is 0.000000561. The molecule has 1 aromatic rings. The second-order valence-corrected chi connectivity index (χ2v) is 2.53. The third-order valence-electron chi connectivity index (χ3n) is 1.46. The number of aromatic nitrogens is 1. The molecule has 0 unspecified atom stereocenters. The maximum Gasteiger partial charge on any atom is 0.133 e. The first kappa shape index (κ1) is 11.2. The predicted molar refractivity (Wildman–Crippen MR) is 51.2 cm³/mol. The summed E-state index contributed by atoms with van der Waals surface area (Å²) in [6.45, 7) is 8.09. The molecule has 0 radical (unpaired) electrons. The van der Waals surface area contributed by atoms with Gasteiger partial charge in [0.1, 0.15) is 5.76 Å². The molecule has 12 heavy (non-hydrogen) atoms. The van der Waals surface area contributed by atoms with Gasteiger partial charge in [0.25, 0.3) is 0 Å². The van der Waals surface area contributed by atoms with Crippen LogP contribution in [0.2, 0.25) is 0 Å². The zero-order valence-corrected chi connectivity index (χ0v) is 8.55. The van der Waals surface area contributed by atoms with Crippen LogP contribution in [-0.2, 0) is 6.42 Å². The molecule has 2 heteroatoms. The number of aryl methyl sites for hydroxylation is 2. The Labute approximate surface area is 75.0 Å². The summed E-state index contributed by atoms with van der Waals surface area (Å²) in [6.07, 6.45) is 3.46. The van der Waals surface area contributed by atoms with Crippen molar-refractivity contribution in [2.75, 3.05) is 0 Å². The molecule has 1 aromatic heterocycles. The molecule has 1 heterocycles. The van der Waals surface area contributed by atoms with Crippen molar-refractivity contribution < 1.29 is 4.52 Å². The van der Waals surface area contributed by atoms with E-state index in [9.17, 15) is 0 Å². The monoisotopic (exact) mass is 169 g/mol. The maximum absolute atomic E-state index is 4.91. The van der Waals surface area contributed by atoms with Crippen molar-refractivity contribution in [2.45, 2.75) is 47.0 Å². The molecular weight excluding hydrogens is 150 g/mol. The smallest absolute Gasteiger partial charge is 0.133 e. The lowest BCUT2D eigenvalue weighted by Crippen LogP contribution is -1.82. The van der Waals surface area contributed by atoms with E-state index in [-0.39, 0.29) is 0 Å². The second kappa shape index (κ2) is 6.89. The van der Waals surface area contributed by atoms with Crippen molar-refractivity contribution >= 4 is 0 Å². The Hall–Kier alpha value is -0.790. The van der Waals surface area contributed by atoms with Crippen molar-refractivity contribution in [3.8, 4) is 0 Å². The molecule has 1 rings (SSSR count). The van der Waals surface area contributed by atoms with Crippen molar-refractivity contribution in [1.29, 1.82) is 0 Å². The van der Waals surface area contributed by atoms with Gasteiger partial charge in [-0.2, -0.15) is 0 Å². The minimum absolute atomic E-state index is 0.908. The van der Waals surface area contributed by atoms with Crippen molar-refractivity contribution in [3.05, 3.63) is 17.5 Å². The van der Waals surface area contributed by atoms with Gasteiger partial charge in [-0.3, -0.25) is 0 Å². The Kier molecular flexibility index (Phi) is 6.44. The highest BCUT2D eigenvalue weighted by atomic mass is 16.5. The average Bonchev–Trinajstić information content (AvgIpc) is 2.51. The molecule has 70 valence electrons. The van der Waals surface area contributed by atoms with Gasteiger partial charge in [0.05, 0.1) is 5.69 Å². The van der Waals surface area contributed by atoms with Crippen LogP contribution in [0.25, 0.3) is 0 Å². The predicted octanol–water partition coefficient (Wildman–Crippen LogP) is 3.35. The van der Waals surface area contributed by atoms with Gasteiger partial charge in [0.2, 0.25) is 0 Å². The largest absolute Gasteiger partial charge is 0.361 e. The topological polar surface area (TPSA) is 26.0 Å². The third-order valence-corrected chi connectivity index (χ3v) is 1.46. The van der Waals surface area contributed by atoms with E-state index >= 15 is 0 Å². The fourth-order valence-electron chi connectivity index (χ4n) is 0.894. The summed E-state index contributed by atoms with van der Waals surface area (Å²) in [6, 6.07) is 2.00. The fraction of sp³-hybridized carbons (Fsp3) is 0.700. The third kappa shape index (κ3) is 4.16. The second-order valence-electron chi connectivity index (χ2n) is 2.53. The van der Waals surface area contributed by atoms with E-state index in [4.69, 9.17) is 4.52 Å². The first-order valence-electron chi connectivity index (χ1n) is 4.75. The Bertz CT molecular complexity index is 193. The highest BCUT2D eigenvalue weighted by molar-refractivity contribution is 5.03. The van der Waals surface area contributed by atoms with Gasteiger partial charge in [-0.15, -0.1) is 0 Å². The maximum atomic E-state index is 4.91. The summed E-state index contributed by atoms with van der Waals surface area (Å²) in [4.78, 5) is 0. The van der Waals surface area contributed by atoms with Crippen LogP contribution >= 0.6 is 0 Å². The van der Waals surface area contributed by atoms with E-state index in [1.807, 2.05) is 26.8 Å². The zero-order valence-electron chi connectivity index (χ0n) is 8.55. The summed E-state index contributed by atoms with van der Waals surface area (Å²) in [7, 11) is 0. The van der Waals surface area contributed by atoms with Crippen LogP contribution < -0.4 is 0 Å². The first-order chi connectivity index (χ1) is 5.83. The Morgan fingerprint density at radius 2 is 2.08 bits per heavy atom. The quantitative estimate of drug-likeness (QED) is 0.693. The minimum atomic E-state index is 0.908. The SMILES string of the molecule is CC.CCCCc1cc(C)on1. The molecule has 0 saturated carbocycles. The van der Waals surface area contributed by atoms with Gasteiger partial charge in [-0.1, -0.05) is 32.3 Å². The van der Waals surface area contributed by atoms with Crippen LogP contribution in [0.15, 0.2) is 10.6 Å². The van der Waals surface area contributed by atoms with Crippen LogP contribution in [0.1, 0.15) is 45.1 Å². The van der Waals surface area contributed by atoms with E-state index < -0.39 is 0 Å². The fourth-order valence-corrected chi connectivity index (χ4v) is 0.894. The molecule has 0 aliphatic rings. The van der Waals surface area contributed by atoms with Gasteiger partial charge in [0, 0.05) is 6.07 Å². The molecule has 0 fully saturated rings. The van der Waals surface area contributed by atoms with Crippen LogP contribution in [0.4, 0.5) is 0 Å². The van der Waals surface area contributed by atoms with E-state index in [1.54, 1.807) is 0 Å². The minimum Gasteiger partial charge on any atom is -0.361 e. The lowest BCUT2D eigenvalue weighted by molar-refractivity contribution is 0.390. The van der Waals surface area contributed by atoms with Crippen molar-refractivity contribution in [2.24, 2.45) is 0 Å². The van der Waals surface area contributed by atoms with Crippen molar-refractivity contribution in [1.82, 2.24) is 5.16 Å². The standard InChI is InChI=1S/C8H13NO.C2H6/c1-3-4-5-8-6-7(2)10-9-8;1-2/h6H,3-5H2,1-2H3;1-2H3. The molecule has 0 N–H and O–H groups in total. The van der Waals surface area contributed by atoms with Crippen LogP contribution in [0.3, 0.4) is 0 Å². The van der Waals surface area contributed by atoms with E-state index in [0.717, 1.165) is 17.9 Å². The molecule has 2 nitrogen and oxygen atoms in total. The van der Waals surface area contributed by atoms with E-state index in [0.29, 0.717) is 0 Å². The summed E-state index contributed by atoms with van der Waals surface area (Å²) in [5, 5.41) is 3.88. The van der Waals surface area contributed by atoms with Crippen LogP contribution in [0.5, 0.6) is 0 Å². The first-order valence-corrected chi connectivity index (χ1v) is 4.75. The molecule has 0 spiro atoms. The van der Waals surface area contributed by atoms with E-state index in [2.05, 4.69) is 12.1 Å². The van der Waals surface area contributed by atoms with Gasteiger partial charge in [0.15, 0.2) is 0 Å². The number of unbranched alkanes of at least 4 members (excludes halogenated alkanes) is 1. The normalized spacial score (nSPS) is 9.00. The molecule has 0 aliphatic carbocycles. The zero-order chi connectivity index (χ0) is 9.40. The lowest BCUT2D eigenvalue weighted by atomic mass is 10.2. The molecular formula is C10H19NO. The highest BCUT2D eigenvalue weighted by Crippen LogP contribution is 2.04. The summed E-state index contributed by atoms with van der Waals surface area (Å²) in [5.41, 5.74) is 1.08. The summed E-state index contributed by atoms with van der Waals surface area (Å²) < 4.78 is 4.91. The molecule has 0 saturated heterocycles.